The third kappa shape index (κ3) is 26.5. The smallest absolute Gasteiger partial charge is 0.416 e. The van der Waals surface area contributed by atoms with Crippen molar-refractivity contribution in [1.82, 2.24) is 16.0 Å². The highest BCUT2D eigenvalue weighted by Crippen LogP contribution is 2.31. The van der Waals surface area contributed by atoms with Gasteiger partial charge in [0, 0.05) is 94.7 Å². The minimum absolute atomic E-state index is 0.00970. The Morgan fingerprint density at radius 2 is 0.691 bits per heavy atom. The Kier molecular flexibility index (Phi) is 30.2. The maximum atomic E-state index is 13.9. The van der Waals surface area contributed by atoms with Gasteiger partial charge in [-0.1, -0.05) is 60.6 Å². The van der Waals surface area contributed by atoms with E-state index in [1.165, 1.54) is 27.4 Å². The fourth-order valence-electron chi connectivity index (χ4n) is 5.51. The molecular weight excluding hydrogens is 1010 g/mol. The van der Waals surface area contributed by atoms with Gasteiger partial charge in [-0.25, -0.2) is 15.4 Å². The van der Waals surface area contributed by atoms with Crippen molar-refractivity contribution in [1.29, 1.82) is 0 Å². The Morgan fingerprint density at radius 1 is 0.420 bits per heavy atom. The summed E-state index contributed by atoms with van der Waals surface area (Å²) < 4.78 is 33.8. The summed E-state index contributed by atoms with van der Waals surface area (Å²) in [7, 11) is 4.25. The van der Waals surface area contributed by atoms with Crippen LogP contribution in [0.15, 0.2) is 72.8 Å². The quantitative estimate of drug-likeness (QED) is 0.0913. The Hall–Kier alpha value is -12.5. The van der Waals surface area contributed by atoms with E-state index in [1.54, 1.807) is 55.5 Å². The standard InChI is InChI=1S/C69H43N3O9/c1-8-12-13-14-15-16-17-18-19-20-21-22-23-24-25-26-27-28-29-30-31-32-33-34-35-36-37-38-39-40-41-42-43-53-69(70-66(73)79-60-50-47-57(44-9-2)54-63(60)76-5,71-67(74)80-61-51-48-58(45-10-3)55-64(61)77-6)72-68(75)81-62-52-49-59(46-11-4)56-65(62)78-7/h9-11,44-52,54-56,66-67,70-71,73-74H,1-7H3,(H,72,75). The number of methoxy groups -OCH3 is 3. The van der Waals surface area contributed by atoms with Crippen molar-refractivity contribution in [3.63, 3.8) is 0 Å². The van der Waals surface area contributed by atoms with E-state index in [2.05, 4.69) is 217 Å². The molecule has 0 heterocycles. The van der Waals surface area contributed by atoms with Gasteiger partial charge in [-0.05, 0) is 181 Å². The molecule has 12 nitrogen and oxygen atoms in total. The van der Waals surface area contributed by atoms with E-state index in [1.807, 2.05) is 57.2 Å². The highest BCUT2D eigenvalue weighted by molar-refractivity contribution is 5.73. The molecule has 0 aliphatic carbocycles. The molecule has 2 unspecified atom stereocenters. The van der Waals surface area contributed by atoms with E-state index < -0.39 is 24.7 Å². The van der Waals surface area contributed by atoms with Crippen LogP contribution >= 0.6 is 0 Å². The molecule has 1 amide bonds. The van der Waals surface area contributed by atoms with E-state index in [0.717, 1.165) is 16.7 Å². The number of amides is 1. The number of hydrogen-bond acceptors (Lipinski definition) is 11. The molecule has 0 bridgehead atoms. The lowest BCUT2D eigenvalue weighted by atomic mass is 10.2. The molecule has 2 atom stereocenters. The molecule has 0 saturated carbocycles. The van der Waals surface area contributed by atoms with Gasteiger partial charge in [-0.2, -0.15) is 0 Å². The minimum Gasteiger partial charge on any atom is -0.493 e. The number of rotatable bonds is 16. The van der Waals surface area contributed by atoms with E-state index in [0.29, 0.717) is 0 Å². The Labute approximate surface area is 474 Å². The molecule has 0 aromatic heterocycles. The second-order valence-electron chi connectivity index (χ2n) is 14.1. The van der Waals surface area contributed by atoms with Gasteiger partial charge in [0.2, 0.25) is 5.79 Å². The van der Waals surface area contributed by atoms with Crippen LogP contribution in [-0.4, -0.2) is 56.3 Å². The number of aliphatic hydroxyl groups is 2. The zero-order valence-electron chi connectivity index (χ0n) is 44.6. The SMILES string of the molecule is CC#CC#CC#CC#CC#CC#CC#CC#CC#CC#CC#CC#CC#CC#CC#CC#CC#CC(NC(=O)Oc1ccc(C=CC)cc1OC)(NC(O)Oc1ccc(C=CC)cc1OC)NC(O)Oc1ccc(C=CC)cc1OC. The third-order valence-electron chi connectivity index (χ3n) is 8.60. The lowest BCUT2D eigenvalue weighted by Gasteiger charge is -2.34. The Morgan fingerprint density at radius 3 is 0.975 bits per heavy atom. The largest absolute Gasteiger partial charge is 0.493 e. The monoisotopic (exact) mass is 1060 g/mol. The topological polar surface area (TPSA) is 149 Å². The number of carbonyl (C=O) groups excluding carboxylic acids is 1. The zero-order chi connectivity index (χ0) is 58.4. The molecule has 0 aliphatic heterocycles. The fourth-order valence-corrected chi connectivity index (χ4v) is 5.51. The number of nitrogens with one attached hydrogen (secondary N) is 3. The maximum Gasteiger partial charge on any atom is 0.416 e. The van der Waals surface area contributed by atoms with Gasteiger partial charge in [0.25, 0.3) is 12.8 Å². The first-order valence-electron chi connectivity index (χ1n) is 23.2. The minimum atomic E-state index is -2.40. The molecule has 12 heteroatoms. The van der Waals surface area contributed by atoms with Crippen molar-refractivity contribution in [3.05, 3.63) is 89.5 Å². The van der Waals surface area contributed by atoms with E-state index >= 15 is 0 Å². The molecular formula is C69H43N3O9. The van der Waals surface area contributed by atoms with Gasteiger partial charge in [-0.15, -0.1) is 0 Å². The number of aliphatic hydroxyl groups excluding tert-OH is 2. The first-order valence-corrected chi connectivity index (χ1v) is 23.2. The summed E-state index contributed by atoms with van der Waals surface area (Å²) in [4.78, 5) is 13.9. The summed E-state index contributed by atoms with van der Waals surface area (Å²) in [6, 6.07) is 14.8. The van der Waals surface area contributed by atoms with Crippen molar-refractivity contribution in [2.24, 2.45) is 0 Å². The molecule has 3 aromatic rings. The van der Waals surface area contributed by atoms with Crippen LogP contribution in [0.25, 0.3) is 18.2 Å². The normalized spacial score (nSPS) is 9.84. The number of hydrogen-bond donors (Lipinski definition) is 5. The maximum absolute atomic E-state index is 13.9. The first-order chi connectivity index (χ1) is 39.6. The summed E-state index contributed by atoms with van der Waals surface area (Å²) in [6.07, 6.45) is 5.84. The van der Waals surface area contributed by atoms with Crippen molar-refractivity contribution in [3.8, 4) is 236 Å². The average Bonchev–Trinajstić information content (AvgIpc) is 3.48. The molecule has 3 rings (SSSR count). The molecule has 0 aliphatic rings. The molecule has 388 valence electrons. The second-order valence-corrected chi connectivity index (χ2v) is 14.1. The van der Waals surface area contributed by atoms with Crippen LogP contribution < -0.4 is 44.4 Å². The number of carbonyl (C=O) groups is 1. The van der Waals surface area contributed by atoms with Crippen LogP contribution in [0, 0.1) is 201 Å². The Balaban J connectivity index is 1.87. The number of benzene rings is 3. The van der Waals surface area contributed by atoms with Gasteiger partial charge in [0.1, 0.15) is 0 Å². The van der Waals surface area contributed by atoms with Crippen LogP contribution in [0.2, 0.25) is 0 Å². The fraction of sp³-hybridized carbons (Fsp3) is 0.145. The van der Waals surface area contributed by atoms with Gasteiger partial charge < -0.3 is 38.6 Å². The van der Waals surface area contributed by atoms with Gasteiger partial charge in [0.05, 0.1) is 21.3 Å². The second kappa shape index (κ2) is 39.0. The highest BCUT2D eigenvalue weighted by atomic mass is 16.6. The molecule has 5 N–H and O–H groups in total. The molecule has 3 aromatic carbocycles. The predicted octanol–water partition coefficient (Wildman–Crippen LogP) is 5.52. The zero-order valence-corrected chi connectivity index (χ0v) is 44.6. The summed E-state index contributed by atoms with van der Waals surface area (Å²) in [5.74, 6) is 84.2. The molecule has 81 heavy (non-hydrogen) atoms. The lowest BCUT2D eigenvalue weighted by Crippen LogP contribution is -2.72. The lowest BCUT2D eigenvalue weighted by molar-refractivity contribution is -0.103. The summed E-state index contributed by atoms with van der Waals surface area (Å²) >= 11 is 0. The number of ether oxygens (including phenoxy) is 6. The highest BCUT2D eigenvalue weighted by Gasteiger charge is 2.37. The van der Waals surface area contributed by atoms with E-state index in [9.17, 15) is 15.0 Å². The number of allylic oxidation sites excluding steroid dienone is 3. The Bertz CT molecular complexity index is 4020. The van der Waals surface area contributed by atoms with Crippen molar-refractivity contribution >= 4 is 24.3 Å². The van der Waals surface area contributed by atoms with Crippen LogP contribution in [0.4, 0.5) is 4.79 Å². The molecule has 0 saturated heterocycles. The molecule has 0 radical (unpaired) electrons. The summed E-state index contributed by atoms with van der Waals surface area (Å²) in [5.41, 5.74) is 2.34. The summed E-state index contributed by atoms with van der Waals surface area (Å²) in [6.45, 7) is 7.24. The first kappa shape index (κ1) is 62.8. The average molecular weight is 1060 g/mol. The van der Waals surface area contributed by atoms with Crippen LogP contribution in [0.1, 0.15) is 44.4 Å². The third-order valence-corrected chi connectivity index (χ3v) is 8.60. The van der Waals surface area contributed by atoms with E-state index in [4.69, 9.17) is 28.4 Å². The van der Waals surface area contributed by atoms with Crippen LogP contribution in [0.5, 0.6) is 34.5 Å². The van der Waals surface area contributed by atoms with Crippen molar-refractivity contribution in [2.45, 2.75) is 46.3 Å². The summed E-state index contributed by atoms with van der Waals surface area (Å²) in [5, 5.41) is 30.7. The van der Waals surface area contributed by atoms with Crippen molar-refractivity contribution < 1.29 is 43.4 Å². The molecule has 0 spiro atoms. The van der Waals surface area contributed by atoms with Crippen LogP contribution in [-0.2, 0) is 0 Å². The van der Waals surface area contributed by atoms with Crippen LogP contribution in [0.3, 0.4) is 0 Å². The van der Waals surface area contributed by atoms with Gasteiger partial charge in [0.15, 0.2) is 34.5 Å². The molecule has 0 fully saturated rings. The van der Waals surface area contributed by atoms with Gasteiger partial charge in [-0.3, -0.25) is 5.32 Å². The van der Waals surface area contributed by atoms with Gasteiger partial charge >= 0.3 is 6.09 Å². The predicted molar refractivity (Wildman–Crippen MR) is 312 cm³/mol. The van der Waals surface area contributed by atoms with Crippen molar-refractivity contribution in [2.75, 3.05) is 21.3 Å². The van der Waals surface area contributed by atoms with E-state index in [-0.39, 0.29) is 34.5 Å².